The molecule has 5 heterocycles. The molecule has 1 fully saturated rings. The molecule has 2 aliphatic heterocycles. The average molecular weight is 455 g/mol. The van der Waals surface area contributed by atoms with Crippen molar-refractivity contribution in [1.82, 2.24) is 24.7 Å². The Bertz CT molecular complexity index is 1370. The molecule has 1 aromatic carbocycles. The second-order valence-electron chi connectivity index (χ2n) is 8.68. The molecule has 164 valence electrons. The van der Waals surface area contributed by atoms with Crippen LogP contribution in [0.25, 0.3) is 10.9 Å². The normalized spacial score (nSPS) is 19.0. The molecule has 8 nitrogen and oxygen atoms in total. The zero-order valence-electron chi connectivity index (χ0n) is 17.9. The Labute approximate surface area is 195 Å². The molecule has 0 radical (unpaired) electrons. The highest BCUT2D eigenvalue weighted by molar-refractivity contribution is 7.99. The highest BCUT2D eigenvalue weighted by Crippen LogP contribution is 2.47. The number of nitriles is 1. The van der Waals surface area contributed by atoms with Gasteiger partial charge in [-0.25, -0.2) is 9.97 Å². The van der Waals surface area contributed by atoms with Crippen molar-refractivity contribution >= 4 is 28.5 Å². The summed E-state index contributed by atoms with van der Waals surface area (Å²) in [5.74, 6) is 0.893. The third kappa shape index (κ3) is 3.34. The fourth-order valence-electron chi connectivity index (χ4n) is 5.06. The summed E-state index contributed by atoms with van der Waals surface area (Å²) < 4.78 is 2.06. The third-order valence-electron chi connectivity index (χ3n) is 6.95. The van der Waals surface area contributed by atoms with Gasteiger partial charge in [0.2, 0.25) is 0 Å². The van der Waals surface area contributed by atoms with Crippen LogP contribution in [0.15, 0.2) is 65.0 Å². The summed E-state index contributed by atoms with van der Waals surface area (Å²) >= 11 is 1.53. The van der Waals surface area contributed by atoms with Gasteiger partial charge in [0.05, 0.1) is 35.2 Å². The number of anilines is 1. The van der Waals surface area contributed by atoms with Crippen LogP contribution in [0.2, 0.25) is 0 Å². The molecule has 9 heteroatoms. The van der Waals surface area contributed by atoms with E-state index in [0.717, 1.165) is 59.3 Å². The smallest absolute Gasteiger partial charge is 0.147 e. The summed E-state index contributed by atoms with van der Waals surface area (Å²) in [7, 11) is 0. The Balaban J connectivity index is 1.16. The largest absolute Gasteiger partial charge is 0.355 e. The SMILES string of the molecule is N#Cc1ccc(Sc2cnc(N3CCC4(CC3)Cn3nccc3[C@H]4N)cn2)c2cccnc12. The lowest BCUT2D eigenvalue weighted by Gasteiger charge is -2.41. The summed E-state index contributed by atoms with van der Waals surface area (Å²) in [6.45, 7) is 2.72. The van der Waals surface area contributed by atoms with Gasteiger partial charge >= 0.3 is 0 Å². The molecule has 6 rings (SSSR count). The predicted octanol–water partition coefficient (Wildman–Crippen LogP) is 3.54. The molecule has 2 aliphatic rings. The van der Waals surface area contributed by atoms with Crippen LogP contribution in [0.1, 0.15) is 30.1 Å². The van der Waals surface area contributed by atoms with E-state index >= 15 is 0 Å². The number of nitrogens with two attached hydrogens (primary N) is 1. The van der Waals surface area contributed by atoms with Gasteiger partial charge in [-0.1, -0.05) is 17.8 Å². The van der Waals surface area contributed by atoms with Crippen LogP contribution in [-0.2, 0) is 6.54 Å². The van der Waals surface area contributed by atoms with Crippen LogP contribution in [0.5, 0.6) is 0 Å². The van der Waals surface area contributed by atoms with Gasteiger partial charge in [-0.05, 0) is 37.1 Å². The van der Waals surface area contributed by atoms with Crippen molar-refractivity contribution in [3.8, 4) is 6.07 Å². The second-order valence-corrected chi connectivity index (χ2v) is 9.74. The van der Waals surface area contributed by atoms with Gasteiger partial charge < -0.3 is 10.6 Å². The van der Waals surface area contributed by atoms with Crippen LogP contribution >= 0.6 is 11.8 Å². The molecule has 3 aromatic heterocycles. The van der Waals surface area contributed by atoms with Crippen LogP contribution in [0.3, 0.4) is 0 Å². The van der Waals surface area contributed by atoms with Crippen molar-refractivity contribution < 1.29 is 0 Å². The Morgan fingerprint density at radius 1 is 1.06 bits per heavy atom. The Hall–Kier alpha value is -3.48. The van der Waals surface area contributed by atoms with E-state index in [-0.39, 0.29) is 11.5 Å². The molecular weight excluding hydrogens is 432 g/mol. The van der Waals surface area contributed by atoms with E-state index in [2.05, 4.69) is 30.7 Å². The number of hydrogen-bond acceptors (Lipinski definition) is 8. The van der Waals surface area contributed by atoms with Crippen LogP contribution < -0.4 is 10.6 Å². The van der Waals surface area contributed by atoms with Crippen LogP contribution in [-0.4, -0.2) is 37.8 Å². The van der Waals surface area contributed by atoms with Gasteiger partial charge in [0.1, 0.15) is 16.9 Å². The predicted molar refractivity (Wildman–Crippen MR) is 126 cm³/mol. The maximum atomic E-state index is 9.35. The number of piperidine rings is 1. The molecule has 0 amide bonds. The Morgan fingerprint density at radius 3 is 2.70 bits per heavy atom. The fourth-order valence-corrected chi connectivity index (χ4v) is 5.91. The first kappa shape index (κ1) is 20.1. The van der Waals surface area contributed by atoms with Gasteiger partial charge in [0.25, 0.3) is 0 Å². The van der Waals surface area contributed by atoms with E-state index in [0.29, 0.717) is 11.1 Å². The standard InChI is InChI=1S/C24H22N8S/c25-12-16-3-4-19(17-2-1-8-27-22(16)17)33-21-14-28-20(13-29-21)31-10-6-24(7-11-31)15-32-18(23(24)26)5-9-30-32/h1-5,8-9,13-14,23H,6-7,10-11,15,26H2/t23-/m1/s1. The van der Waals surface area contributed by atoms with E-state index < -0.39 is 0 Å². The molecule has 0 saturated carbocycles. The quantitative estimate of drug-likeness (QED) is 0.501. The Kier molecular flexibility index (Phi) is 4.78. The van der Waals surface area contributed by atoms with Gasteiger partial charge in [0, 0.05) is 47.7 Å². The Morgan fingerprint density at radius 2 is 1.94 bits per heavy atom. The summed E-state index contributed by atoms with van der Waals surface area (Å²) in [5.41, 5.74) is 9.13. The number of rotatable bonds is 3. The number of hydrogen-bond donors (Lipinski definition) is 1. The molecular formula is C24H22N8S. The number of nitrogens with zero attached hydrogens (tertiary/aromatic N) is 7. The van der Waals surface area contributed by atoms with Gasteiger partial charge in [-0.15, -0.1) is 0 Å². The molecule has 1 spiro atoms. The number of pyridine rings is 1. The van der Waals surface area contributed by atoms with E-state index in [1.165, 1.54) is 11.8 Å². The fraction of sp³-hybridized carbons (Fsp3) is 0.292. The second kappa shape index (κ2) is 7.83. The molecule has 4 aromatic rings. The van der Waals surface area contributed by atoms with Crippen LogP contribution in [0, 0.1) is 16.7 Å². The first-order valence-corrected chi connectivity index (χ1v) is 11.8. The first-order chi connectivity index (χ1) is 16.2. The minimum atomic E-state index is 0.0451. The topological polar surface area (TPSA) is 110 Å². The van der Waals surface area contributed by atoms with E-state index in [4.69, 9.17) is 10.7 Å². The number of benzene rings is 1. The minimum absolute atomic E-state index is 0.0451. The summed E-state index contributed by atoms with van der Waals surface area (Å²) in [6, 6.07) is 11.9. The lowest BCUT2D eigenvalue weighted by Crippen LogP contribution is -2.45. The van der Waals surface area contributed by atoms with Crippen molar-refractivity contribution in [3.05, 3.63) is 66.4 Å². The molecule has 33 heavy (non-hydrogen) atoms. The zero-order valence-corrected chi connectivity index (χ0v) is 18.7. The van der Waals surface area contributed by atoms with Crippen molar-refractivity contribution in [1.29, 1.82) is 5.26 Å². The molecule has 1 atom stereocenters. The summed E-state index contributed by atoms with van der Waals surface area (Å²) in [5, 5.41) is 15.5. The molecule has 2 N–H and O–H groups in total. The van der Waals surface area contributed by atoms with Crippen molar-refractivity contribution in [2.45, 2.75) is 35.3 Å². The van der Waals surface area contributed by atoms with E-state index in [1.807, 2.05) is 48.9 Å². The highest BCUT2D eigenvalue weighted by atomic mass is 32.2. The summed E-state index contributed by atoms with van der Waals surface area (Å²) in [6.07, 6.45) is 9.25. The van der Waals surface area contributed by atoms with Crippen molar-refractivity contribution in [2.24, 2.45) is 11.1 Å². The lowest BCUT2D eigenvalue weighted by atomic mass is 9.73. The van der Waals surface area contributed by atoms with Gasteiger partial charge in [-0.2, -0.15) is 10.4 Å². The molecule has 0 aliphatic carbocycles. The van der Waals surface area contributed by atoms with Crippen LogP contribution in [0.4, 0.5) is 5.82 Å². The number of fused-ring (bicyclic) bond motifs is 2. The number of aromatic nitrogens is 5. The maximum Gasteiger partial charge on any atom is 0.147 e. The highest BCUT2D eigenvalue weighted by Gasteiger charge is 2.46. The van der Waals surface area contributed by atoms with E-state index in [1.54, 1.807) is 6.20 Å². The molecule has 1 saturated heterocycles. The molecule has 0 unspecified atom stereocenters. The van der Waals surface area contributed by atoms with Crippen molar-refractivity contribution in [2.75, 3.05) is 18.0 Å². The monoisotopic (exact) mass is 454 g/mol. The van der Waals surface area contributed by atoms with Crippen molar-refractivity contribution in [3.63, 3.8) is 0 Å². The average Bonchev–Trinajstić information content (AvgIpc) is 3.41. The minimum Gasteiger partial charge on any atom is -0.355 e. The third-order valence-corrected chi connectivity index (χ3v) is 7.95. The molecule has 0 bridgehead atoms. The first-order valence-electron chi connectivity index (χ1n) is 11.0. The van der Waals surface area contributed by atoms with E-state index in [9.17, 15) is 5.26 Å². The zero-order chi connectivity index (χ0) is 22.4. The summed E-state index contributed by atoms with van der Waals surface area (Å²) in [4.78, 5) is 17.0. The van der Waals surface area contributed by atoms with Gasteiger partial charge in [-0.3, -0.25) is 9.67 Å². The lowest BCUT2D eigenvalue weighted by molar-refractivity contribution is 0.170. The van der Waals surface area contributed by atoms with Gasteiger partial charge in [0.15, 0.2) is 0 Å². The maximum absolute atomic E-state index is 9.35.